The molecule has 0 spiro atoms. The average Bonchev–Trinajstić information content (AvgIpc) is 2.54. The summed E-state index contributed by atoms with van der Waals surface area (Å²) in [6, 6.07) is 0. The van der Waals surface area contributed by atoms with E-state index >= 15 is 0 Å². The number of halogens is 1. The van der Waals surface area contributed by atoms with Crippen molar-refractivity contribution in [3.05, 3.63) is 0 Å². The molecule has 0 radical (unpaired) electrons. The summed E-state index contributed by atoms with van der Waals surface area (Å²) in [5.41, 5.74) is 0. The van der Waals surface area contributed by atoms with E-state index in [0.29, 0.717) is 0 Å². The highest BCUT2D eigenvalue weighted by Gasteiger charge is 2.48. The standard InChI is InChI=1S/C20H33Br/c21-16-8-5-7-14(12-16)20-13-15-6-1-2-9-17(15)18-10-3-4-11-19(18)20/h14-20H,1-13H2. The molecule has 120 valence electrons. The molecular weight excluding hydrogens is 320 g/mol. The fourth-order valence-electron chi connectivity index (χ4n) is 6.97. The van der Waals surface area contributed by atoms with Crippen molar-refractivity contribution in [1.29, 1.82) is 0 Å². The van der Waals surface area contributed by atoms with E-state index in [0.717, 1.165) is 40.3 Å². The van der Waals surface area contributed by atoms with Crippen LogP contribution in [0, 0.1) is 35.5 Å². The van der Waals surface area contributed by atoms with Gasteiger partial charge < -0.3 is 0 Å². The molecule has 0 amide bonds. The second-order valence-electron chi connectivity index (χ2n) is 8.74. The molecule has 0 aliphatic heterocycles. The van der Waals surface area contributed by atoms with Gasteiger partial charge >= 0.3 is 0 Å². The second-order valence-corrected chi connectivity index (χ2v) is 10.0. The highest BCUT2D eigenvalue weighted by molar-refractivity contribution is 9.09. The van der Waals surface area contributed by atoms with Crippen molar-refractivity contribution in [2.75, 3.05) is 0 Å². The summed E-state index contributed by atoms with van der Waals surface area (Å²) < 4.78 is 0. The molecule has 0 heterocycles. The van der Waals surface area contributed by atoms with Gasteiger partial charge in [0.1, 0.15) is 0 Å². The monoisotopic (exact) mass is 352 g/mol. The highest BCUT2D eigenvalue weighted by Crippen LogP contribution is 2.56. The molecule has 0 N–H and O–H groups in total. The van der Waals surface area contributed by atoms with Crippen LogP contribution >= 0.6 is 15.9 Å². The topological polar surface area (TPSA) is 0 Å². The van der Waals surface area contributed by atoms with E-state index in [-0.39, 0.29) is 0 Å². The highest BCUT2D eigenvalue weighted by atomic mass is 79.9. The SMILES string of the molecule is BrC1CCCC(C2CC3CCCCC3C3CCCCC23)C1. The summed E-state index contributed by atoms with van der Waals surface area (Å²) in [7, 11) is 0. The smallest absolute Gasteiger partial charge is 0.0148 e. The number of rotatable bonds is 1. The Kier molecular flexibility index (Phi) is 4.68. The fourth-order valence-corrected chi connectivity index (χ4v) is 7.77. The molecule has 0 aromatic carbocycles. The van der Waals surface area contributed by atoms with E-state index in [2.05, 4.69) is 15.9 Å². The number of alkyl halides is 1. The minimum absolute atomic E-state index is 0.836. The van der Waals surface area contributed by atoms with E-state index in [9.17, 15) is 0 Å². The zero-order valence-electron chi connectivity index (χ0n) is 13.6. The first kappa shape index (κ1) is 15.0. The van der Waals surface area contributed by atoms with Gasteiger partial charge in [-0.15, -0.1) is 0 Å². The van der Waals surface area contributed by atoms with Crippen LogP contribution in [-0.2, 0) is 0 Å². The number of hydrogen-bond donors (Lipinski definition) is 0. The summed E-state index contributed by atoms with van der Waals surface area (Å²) >= 11 is 3.95. The molecule has 7 atom stereocenters. The average molecular weight is 353 g/mol. The van der Waals surface area contributed by atoms with Gasteiger partial charge in [0.2, 0.25) is 0 Å². The van der Waals surface area contributed by atoms with Gasteiger partial charge in [-0.2, -0.15) is 0 Å². The van der Waals surface area contributed by atoms with Gasteiger partial charge in [0.25, 0.3) is 0 Å². The van der Waals surface area contributed by atoms with Gasteiger partial charge in [0, 0.05) is 4.83 Å². The van der Waals surface area contributed by atoms with Gasteiger partial charge in [-0.1, -0.05) is 60.9 Å². The van der Waals surface area contributed by atoms with E-state index in [4.69, 9.17) is 0 Å². The third-order valence-electron chi connectivity index (χ3n) is 7.77. The Morgan fingerprint density at radius 3 is 1.81 bits per heavy atom. The number of fused-ring (bicyclic) bond motifs is 3. The van der Waals surface area contributed by atoms with Gasteiger partial charge in [0.05, 0.1) is 0 Å². The van der Waals surface area contributed by atoms with Crippen LogP contribution in [0.4, 0.5) is 0 Å². The second kappa shape index (κ2) is 6.54. The molecule has 1 heteroatoms. The van der Waals surface area contributed by atoms with Crippen LogP contribution in [0.15, 0.2) is 0 Å². The quantitative estimate of drug-likeness (QED) is 0.468. The first-order chi connectivity index (χ1) is 10.3. The molecule has 0 saturated heterocycles. The van der Waals surface area contributed by atoms with Crippen molar-refractivity contribution in [3.63, 3.8) is 0 Å². The predicted molar refractivity (Wildman–Crippen MR) is 93.7 cm³/mol. The Hall–Kier alpha value is 0.480. The lowest BCUT2D eigenvalue weighted by atomic mass is 9.51. The lowest BCUT2D eigenvalue weighted by Crippen LogP contribution is -2.46. The molecule has 0 aromatic heterocycles. The van der Waals surface area contributed by atoms with E-state index in [1.807, 2.05) is 0 Å². The minimum Gasteiger partial charge on any atom is -0.0891 e. The minimum atomic E-state index is 0.836. The maximum Gasteiger partial charge on any atom is 0.0148 e. The van der Waals surface area contributed by atoms with Gasteiger partial charge in [-0.05, 0) is 74.0 Å². The predicted octanol–water partition coefficient (Wildman–Crippen LogP) is 6.57. The van der Waals surface area contributed by atoms with E-state index < -0.39 is 0 Å². The molecule has 4 rings (SSSR count). The Balaban J connectivity index is 1.54. The Bertz CT molecular complexity index is 352. The molecule has 4 aliphatic rings. The zero-order chi connectivity index (χ0) is 14.2. The lowest BCUT2D eigenvalue weighted by molar-refractivity contribution is -0.0412. The van der Waals surface area contributed by atoms with Crippen molar-refractivity contribution in [1.82, 2.24) is 0 Å². The van der Waals surface area contributed by atoms with E-state index in [1.165, 1.54) is 25.7 Å². The van der Waals surface area contributed by atoms with Crippen LogP contribution in [0.2, 0.25) is 0 Å². The van der Waals surface area contributed by atoms with Crippen LogP contribution in [0.1, 0.15) is 83.5 Å². The van der Waals surface area contributed by atoms with Crippen LogP contribution < -0.4 is 0 Å². The van der Waals surface area contributed by atoms with Crippen molar-refractivity contribution in [3.8, 4) is 0 Å². The summed E-state index contributed by atoms with van der Waals surface area (Å²) in [5, 5.41) is 0. The molecule has 0 bridgehead atoms. The fraction of sp³-hybridized carbons (Fsp3) is 1.00. The zero-order valence-corrected chi connectivity index (χ0v) is 15.2. The van der Waals surface area contributed by atoms with Gasteiger partial charge in [-0.25, -0.2) is 0 Å². The maximum atomic E-state index is 3.95. The Morgan fingerprint density at radius 2 is 1.05 bits per heavy atom. The third kappa shape index (κ3) is 2.98. The van der Waals surface area contributed by atoms with Gasteiger partial charge in [-0.3, -0.25) is 0 Å². The largest absolute Gasteiger partial charge is 0.0891 e. The van der Waals surface area contributed by atoms with Crippen molar-refractivity contribution < 1.29 is 0 Å². The normalized spacial score (nSPS) is 51.0. The van der Waals surface area contributed by atoms with Gasteiger partial charge in [0.15, 0.2) is 0 Å². The first-order valence-electron chi connectivity index (χ1n) is 9.97. The molecular formula is C20H33Br. The molecule has 7 unspecified atom stereocenters. The Morgan fingerprint density at radius 1 is 0.476 bits per heavy atom. The van der Waals surface area contributed by atoms with Crippen LogP contribution in [0.5, 0.6) is 0 Å². The molecule has 0 aromatic rings. The Labute approximate surface area is 140 Å². The molecule has 4 fully saturated rings. The first-order valence-corrected chi connectivity index (χ1v) is 10.9. The summed E-state index contributed by atoms with van der Waals surface area (Å²) in [6.07, 6.45) is 20.1. The van der Waals surface area contributed by atoms with E-state index in [1.54, 1.807) is 57.8 Å². The summed E-state index contributed by atoms with van der Waals surface area (Å²) in [5.74, 6) is 6.70. The summed E-state index contributed by atoms with van der Waals surface area (Å²) in [6.45, 7) is 0. The lowest BCUT2D eigenvalue weighted by Gasteiger charge is -2.54. The van der Waals surface area contributed by atoms with Crippen LogP contribution in [0.25, 0.3) is 0 Å². The molecule has 21 heavy (non-hydrogen) atoms. The van der Waals surface area contributed by atoms with Crippen molar-refractivity contribution in [2.45, 2.75) is 88.3 Å². The van der Waals surface area contributed by atoms with Crippen molar-refractivity contribution in [2.24, 2.45) is 35.5 Å². The molecule has 4 aliphatic carbocycles. The molecule has 4 saturated carbocycles. The maximum absolute atomic E-state index is 3.95. The van der Waals surface area contributed by atoms with Crippen LogP contribution in [-0.4, -0.2) is 4.83 Å². The van der Waals surface area contributed by atoms with Crippen LogP contribution in [0.3, 0.4) is 0 Å². The summed E-state index contributed by atoms with van der Waals surface area (Å²) in [4.78, 5) is 0.836. The number of hydrogen-bond acceptors (Lipinski definition) is 0. The third-order valence-corrected chi connectivity index (χ3v) is 8.61. The molecule has 0 nitrogen and oxygen atoms in total. The van der Waals surface area contributed by atoms with Crippen molar-refractivity contribution >= 4 is 15.9 Å².